The van der Waals surface area contributed by atoms with Crippen LogP contribution in [0.4, 0.5) is 0 Å². The minimum Gasteiger partial charge on any atom is -0.379 e. The zero-order chi connectivity index (χ0) is 9.68. The summed E-state index contributed by atoms with van der Waals surface area (Å²) in [5, 5.41) is 0. The van der Waals surface area contributed by atoms with Crippen molar-refractivity contribution in [2.75, 3.05) is 0 Å². The maximum absolute atomic E-state index is 6.16. The van der Waals surface area contributed by atoms with E-state index < -0.39 is 8.80 Å². The fourth-order valence-corrected chi connectivity index (χ4v) is 3.65. The van der Waals surface area contributed by atoms with Gasteiger partial charge in [-0.15, -0.1) is 0 Å². The number of hydrogen-bond donors (Lipinski definition) is 0. The first kappa shape index (κ1) is 11.3. The van der Waals surface area contributed by atoms with Crippen LogP contribution in [-0.4, -0.2) is 20.6 Å². The minimum atomic E-state index is -0.579. The molecule has 0 aromatic rings. The van der Waals surface area contributed by atoms with E-state index in [0.29, 0.717) is 11.8 Å². The van der Waals surface area contributed by atoms with Crippen LogP contribution in [0.25, 0.3) is 0 Å². The molecule has 0 aromatic carbocycles. The molecule has 1 fully saturated rings. The van der Waals surface area contributed by atoms with Gasteiger partial charge in [-0.05, 0) is 19.3 Å². The highest BCUT2D eigenvalue weighted by atomic mass is 28.3. The molecule has 0 aromatic heterocycles. The lowest BCUT2D eigenvalue weighted by molar-refractivity contribution is 0.00403. The molecule has 1 rings (SSSR count). The fourth-order valence-electron chi connectivity index (χ4n) is 2.17. The van der Waals surface area contributed by atoms with Gasteiger partial charge < -0.3 is 4.74 Å². The van der Waals surface area contributed by atoms with E-state index in [-0.39, 0.29) is 0 Å². The van der Waals surface area contributed by atoms with Gasteiger partial charge >= 0.3 is 0 Å². The SMILES string of the molecule is CCC(OC1CCCCC1)[SiH](C)C. The Balaban J connectivity index is 2.27. The lowest BCUT2D eigenvalue weighted by atomic mass is 9.98. The summed E-state index contributed by atoms with van der Waals surface area (Å²) in [5.41, 5.74) is 0.628. The van der Waals surface area contributed by atoms with Crippen LogP contribution in [-0.2, 0) is 4.74 Å². The summed E-state index contributed by atoms with van der Waals surface area (Å²) < 4.78 is 6.16. The Morgan fingerprint density at radius 1 is 1.23 bits per heavy atom. The van der Waals surface area contributed by atoms with Crippen LogP contribution in [0.1, 0.15) is 45.4 Å². The molecule has 1 aliphatic carbocycles. The molecule has 13 heavy (non-hydrogen) atoms. The van der Waals surface area contributed by atoms with Gasteiger partial charge in [0.2, 0.25) is 0 Å². The van der Waals surface area contributed by atoms with Crippen molar-refractivity contribution in [2.24, 2.45) is 0 Å². The Kier molecular flexibility index (Phi) is 5.03. The van der Waals surface area contributed by atoms with Crippen molar-refractivity contribution in [1.82, 2.24) is 0 Å². The highest BCUT2D eigenvalue weighted by molar-refractivity contribution is 6.57. The van der Waals surface area contributed by atoms with Gasteiger partial charge in [-0.1, -0.05) is 39.3 Å². The van der Waals surface area contributed by atoms with Gasteiger partial charge in [-0.25, -0.2) is 0 Å². The summed E-state index contributed by atoms with van der Waals surface area (Å²) in [6.45, 7) is 7.06. The Bertz CT molecular complexity index is 130. The van der Waals surface area contributed by atoms with Crippen molar-refractivity contribution in [2.45, 2.75) is 70.4 Å². The molecule has 1 atom stereocenters. The van der Waals surface area contributed by atoms with Gasteiger partial charge in [0, 0.05) is 5.73 Å². The lowest BCUT2D eigenvalue weighted by Crippen LogP contribution is -2.32. The largest absolute Gasteiger partial charge is 0.379 e. The molecule has 1 saturated carbocycles. The predicted octanol–water partition coefficient (Wildman–Crippen LogP) is 3.14. The third kappa shape index (κ3) is 3.82. The third-order valence-corrected chi connectivity index (χ3v) is 5.18. The van der Waals surface area contributed by atoms with Gasteiger partial charge in [0.1, 0.15) is 0 Å². The standard InChI is InChI=1S/C11H24OSi/c1-4-11(13(2)3)12-10-8-6-5-7-9-10/h10-11,13H,4-9H2,1-3H3. The Hall–Kier alpha value is 0.177. The van der Waals surface area contributed by atoms with Crippen molar-refractivity contribution in [3.63, 3.8) is 0 Å². The molecule has 1 aliphatic rings. The summed E-state index contributed by atoms with van der Waals surface area (Å²) in [6, 6.07) is 0. The maximum Gasteiger partial charge on any atom is 0.0656 e. The smallest absolute Gasteiger partial charge is 0.0656 e. The first-order valence-corrected chi connectivity index (χ1v) is 8.87. The summed E-state index contributed by atoms with van der Waals surface area (Å²) in [5.74, 6) is 0. The van der Waals surface area contributed by atoms with E-state index in [1.807, 2.05) is 0 Å². The summed E-state index contributed by atoms with van der Waals surface area (Å²) in [6.07, 6.45) is 8.67. The van der Waals surface area contributed by atoms with Crippen LogP contribution in [0.15, 0.2) is 0 Å². The van der Waals surface area contributed by atoms with E-state index in [1.54, 1.807) is 0 Å². The summed E-state index contributed by atoms with van der Waals surface area (Å²) in [4.78, 5) is 0. The molecule has 0 saturated heterocycles. The van der Waals surface area contributed by atoms with E-state index in [2.05, 4.69) is 20.0 Å². The number of hydrogen-bond acceptors (Lipinski definition) is 1. The molecule has 1 unspecified atom stereocenters. The van der Waals surface area contributed by atoms with Gasteiger partial charge in [0.15, 0.2) is 0 Å². The lowest BCUT2D eigenvalue weighted by Gasteiger charge is -2.28. The molecule has 0 N–H and O–H groups in total. The summed E-state index contributed by atoms with van der Waals surface area (Å²) >= 11 is 0. The van der Waals surface area contributed by atoms with Crippen LogP contribution in [0.2, 0.25) is 13.1 Å². The number of ether oxygens (including phenoxy) is 1. The molecular formula is C11H24OSi. The summed E-state index contributed by atoms with van der Waals surface area (Å²) in [7, 11) is -0.579. The Morgan fingerprint density at radius 3 is 2.31 bits per heavy atom. The van der Waals surface area contributed by atoms with Gasteiger partial charge in [0.25, 0.3) is 0 Å². The van der Waals surface area contributed by atoms with E-state index >= 15 is 0 Å². The van der Waals surface area contributed by atoms with Crippen LogP contribution in [0, 0.1) is 0 Å². The fraction of sp³-hybridized carbons (Fsp3) is 1.00. The van der Waals surface area contributed by atoms with Crippen LogP contribution < -0.4 is 0 Å². The normalized spacial score (nSPS) is 22.2. The molecule has 0 bridgehead atoms. The van der Waals surface area contributed by atoms with Gasteiger partial charge in [-0.3, -0.25) is 0 Å². The monoisotopic (exact) mass is 200 g/mol. The average Bonchev–Trinajstić information content (AvgIpc) is 2.15. The molecule has 0 spiro atoms. The van der Waals surface area contributed by atoms with Crippen molar-refractivity contribution >= 4 is 8.80 Å². The van der Waals surface area contributed by atoms with Crippen molar-refractivity contribution in [3.05, 3.63) is 0 Å². The topological polar surface area (TPSA) is 9.23 Å². The third-order valence-electron chi connectivity index (χ3n) is 3.07. The second kappa shape index (κ2) is 5.81. The predicted molar refractivity (Wildman–Crippen MR) is 60.9 cm³/mol. The first-order valence-electron chi connectivity index (χ1n) is 5.89. The molecule has 78 valence electrons. The van der Waals surface area contributed by atoms with E-state index in [4.69, 9.17) is 4.74 Å². The van der Waals surface area contributed by atoms with E-state index in [0.717, 1.165) is 0 Å². The zero-order valence-electron chi connectivity index (χ0n) is 9.38. The zero-order valence-corrected chi connectivity index (χ0v) is 10.5. The molecule has 0 aliphatic heterocycles. The molecule has 1 nitrogen and oxygen atoms in total. The van der Waals surface area contributed by atoms with Crippen molar-refractivity contribution < 1.29 is 4.74 Å². The van der Waals surface area contributed by atoms with Crippen molar-refractivity contribution in [3.8, 4) is 0 Å². The number of rotatable bonds is 4. The highest BCUT2D eigenvalue weighted by Crippen LogP contribution is 2.22. The van der Waals surface area contributed by atoms with E-state index in [9.17, 15) is 0 Å². The molecule has 0 radical (unpaired) electrons. The average molecular weight is 200 g/mol. The second-order valence-corrected chi connectivity index (χ2v) is 7.82. The minimum absolute atomic E-state index is 0.579. The van der Waals surface area contributed by atoms with Gasteiger partial charge in [-0.2, -0.15) is 0 Å². The Morgan fingerprint density at radius 2 is 1.85 bits per heavy atom. The first-order chi connectivity index (χ1) is 6.24. The molecular weight excluding hydrogens is 176 g/mol. The second-order valence-electron chi connectivity index (χ2n) is 4.59. The molecule has 0 amide bonds. The molecule has 0 heterocycles. The van der Waals surface area contributed by atoms with Crippen LogP contribution >= 0.6 is 0 Å². The van der Waals surface area contributed by atoms with Crippen molar-refractivity contribution in [1.29, 1.82) is 0 Å². The molecule has 2 heteroatoms. The van der Waals surface area contributed by atoms with Gasteiger partial charge in [0.05, 0.1) is 14.9 Å². The maximum atomic E-state index is 6.16. The van der Waals surface area contributed by atoms with Crippen LogP contribution in [0.5, 0.6) is 0 Å². The van der Waals surface area contributed by atoms with E-state index in [1.165, 1.54) is 38.5 Å². The van der Waals surface area contributed by atoms with Crippen LogP contribution in [0.3, 0.4) is 0 Å². The quantitative estimate of drug-likeness (QED) is 0.634. The Labute approximate surface area is 84.5 Å². The highest BCUT2D eigenvalue weighted by Gasteiger charge is 2.20.